The van der Waals surface area contributed by atoms with Crippen LogP contribution in [-0.2, 0) is 0 Å². The van der Waals surface area contributed by atoms with Crippen molar-refractivity contribution in [2.75, 3.05) is 24.6 Å². The molecule has 0 spiro atoms. The van der Waals surface area contributed by atoms with Gasteiger partial charge in [-0.05, 0) is 57.0 Å². The van der Waals surface area contributed by atoms with Crippen molar-refractivity contribution in [3.63, 3.8) is 0 Å². The molecule has 2 rings (SSSR count). The summed E-state index contributed by atoms with van der Waals surface area (Å²) in [7, 11) is 0. The van der Waals surface area contributed by atoms with Crippen molar-refractivity contribution in [2.45, 2.75) is 38.8 Å². The van der Waals surface area contributed by atoms with Gasteiger partial charge in [0.1, 0.15) is 0 Å². The van der Waals surface area contributed by atoms with Crippen molar-refractivity contribution < 1.29 is 5.11 Å². The quantitative estimate of drug-likeness (QED) is 0.896. The largest absolute Gasteiger partial charge is 0.396 e. The second kappa shape index (κ2) is 6.73. The molecule has 0 saturated carbocycles. The first-order valence-electron chi connectivity index (χ1n) is 6.99. The maximum absolute atomic E-state index is 9.30. The Bertz CT molecular complexity index is 425. The van der Waals surface area contributed by atoms with Crippen LogP contribution in [-0.4, -0.2) is 36.9 Å². The average molecular weight is 327 g/mol. The second-order valence-corrected chi connectivity index (χ2v) is 6.20. The van der Waals surface area contributed by atoms with Gasteiger partial charge in [-0.2, -0.15) is 0 Å². The molecule has 1 saturated heterocycles. The average Bonchev–Trinajstić information content (AvgIpc) is 2.56. The first kappa shape index (κ1) is 14.8. The summed E-state index contributed by atoms with van der Waals surface area (Å²) in [5.74, 6) is 0. The maximum Gasteiger partial charge on any atom is 0.0451 e. The van der Waals surface area contributed by atoms with E-state index in [9.17, 15) is 5.11 Å². The smallest absolute Gasteiger partial charge is 0.0451 e. The van der Waals surface area contributed by atoms with Crippen molar-refractivity contribution in [3.05, 3.63) is 28.2 Å². The van der Waals surface area contributed by atoms with Gasteiger partial charge in [0.05, 0.1) is 0 Å². The number of aryl methyl sites for hydroxylation is 1. The molecule has 106 valence electrons. The van der Waals surface area contributed by atoms with E-state index in [4.69, 9.17) is 0 Å². The van der Waals surface area contributed by atoms with Gasteiger partial charge in [-0.1, -0.05) is 15.9 Å². The second-order valence-electron chi connectivity index (χ2n) is 5.35. The van der Waals surface area contributed by atoms with Crippen molar-refractivity contribution in [3.8, 4) is 0 Å². The molecule has 1 fully saturated rings. The fourth-order valence-corrected chi connectivity index (χ4v) is 3.07. The number of hydrogen-bond acceptors (Lipinski definition) is 3. The van der Waals surface area contributed by atoms with Crippen LogP contribution in [0.15, 0.2) is 22.7 Å². The van der Waals surface area contributed by atoms with Gasteiger partial charge in [-0.25, -0.2) is 0 Å². The molecule has 1 aromatic rings. The van der Waals surface area contributed by atoms with Crippen LogP contribution < -0.4 is 10.2 Å². The van der Waals surface area contributed by atoms with Crippen LogP contribution in [0, 0.1) is 6.92 Å². The van der Waals surface area contributed by atoms with E-state index in [0.29, 0.717) is 12.1 Å². The number of benzene rings is 1. The summed E-state index contributed by atoms with van der Waals surface area (Å²) in [5.41, 5.74) is 2.51. The molecule has 0 aliphatic carbocycles. The number of anilines is 1. The van der Waals surface area contributed by atoms with Gasteiger partial charge in [-0.3, -0.25) is 0 Å². The van der Waals surface area contributed by atoms with Gasteiger partial charge in [0, 0.05) is 35.4 Å². The Morgan fingerprint density at radius 3 is 2.95 bits per heavy atom. The summed E-state index contributed by atoms with van der Waals surface area (Å²) >= 11 is 3.56. The van der Waals surface area contributed by atoms with Gasteiger partial charge in [0.15, 0.2) is 0 Å². The number of rotatable bonds is 3. The molecule has 0 bridgehead atoms. The molecule has 2 unspecified atom stereocenters. The first-order chi connectivity index (χ1) is 9.13. The summed E-state index contributed by atoms with van der Waals surface area (Å²) in [6.07, 6.45) is 1.95. The molecule has 2 atom stereocenters. The van der Waals surface area contributed by atoms with E-state index >= 15 is 0 Å². The van der Waals surface area contributed by atoms with Crippen LogP contribution in [0.1, 0.15) is 25.3 Å². The molecule has 3 nitrogen and oxygen atoms in total. The monoisotopic (exact) mass is 326 g/mol. The van der Waals surface area contributed by atoms with Gasteiger partial charge in [-0.15, -0.1) is 0 Å². The molecule has 0 aromatic heterocycles. The molecular weight excluding hydrogens is 304 g/mol. The minimum atomic E-state index is 0.241. The van der Waals surface area contributed by atoms with Crippen LogP contribution >= 0.6 is 15.9 Å². The van der Waals surface area contributed by atoms with Crippen molar-refractivity contribution in [1.29, 1.82) is 0 Å². The summed E-state index contributed by atoms with van der Waals surface area (Å²) in [6, 6.07) is 7.38. The lowest BCUT2D eigenvalue weighted by atomic mass is 10.1. The molecule has 1 aromatic carbocycles. The molecule has 1 heterocycles. The number of hydrogen-bond donors (Lipinski definition) is 2. The standard InChI is InChI=1S/C15H23BrN2O/c1-11-9-13(3-4-15(11)16)18-12(2)5-7-17-10-14(18)6-8-19/h3-4,9,12,14,17,19H,5-8,10H2,1-2H3. The molecule has 4 heteroatoms. The minimum absolute atomic E-state index is 0.241. The fourth-order valence-electron chi connectivity index (χ4n) is 2.82. The third-order valence-electron chi connectivity index (χ3n) is 3.89. The summed E-state index contributed by atoms with van der Waals surface area (Å²) < 4.78 is 1.15. The molecule has 19 heavy (non-hydrogen) atoms. The highest BCUT2D eigenvalue weighted by atomic mass is 79.9. The molecule has 1 aliphatic rings. The zero-order valence-corrected chi connectivity index (χ0v) is 13.3. The van der Waals surface area contributed by atoms with Crippen molar-refractivity contribution in [1.82, 2.24) is 5.32 Å². The minimum Gasteiger partial charge on any atom is -0.396 e. The van der Waals surface area contributed by atoms with Gasteiger partial charge in [0.2, 0.25) is 0 Å². The molecule has 2 N–H and O–H groups in total. The number of aliphatic hydroxyl groups excluding tert-OH is 1. The van der Waals surface area contributed by atoms with Gasteiger partial charge < -0.3 is 15.3 Å². The highest BCUT2D eigenvalue weighted by Gasteiger charge is 2.26. The lowest BCUT2D eigenvalue weighted by molar-refractivity contribution is 0.271. The predicted octanol–water partition coefficient (Wildman–Crippen LogP) is 2.70. The Balaban J connectivity index is 2.31. The summed E-state index contributed by atoms with van der Waals surface area (Å²) in [4.78, 5) is 2.47. The van der Waals surface area contributed by atoms with Crippen molar-refractivity contribution >= 4 is 21.6 Å². The van der Waals surface area contributed by atoms with Crippen LogP contribution in [0.2, 0.25) is 0 Å². The van der Waals surface area contributed by atoms with Crippen LogP contribution in [0.3, 0.4) is 0 Å². The molecule has 1 aliphatic heterocycles. The third-order valence-corrected chi connectivity index (χ3v) is 4.78. The highest BCUT2D eigenvalue weighted by molar-refractivity contribution is 9.10. The lowest BCUT2D eigenvalue weighted by Crippen LogP contribution is -2.44. The highest BCUT2D eigenvalue weighted by Crippen LogP contribution is 2.28. The predicted molar refractivity (Wildman–Crippen MR) is 83.8 cm³/mol. The van der Waals surface area contributed by atoms with E-state index in [1.807, 2.05) is 0 Å². The lowest BCUT2D eigenvalue weighted by Gasteiger charge is -2.36. The van der Waals surface area contributed by atoms with E-state index in [1.165, 1.54) is 11.3 Å². The van der Waals surface area contributed by atoms with E-state index in [2.05, 4.69) is 58.2 Å². The van der Waals surface area contributed by atoms with Crippen molar-refractivity contribution in [2.24, 2.45) is 0 Å². The van der Waals surface area contributed by atoms with Crippen LogP contribution in [0.4, 0.5) is 5.69 Å². The first-order valence-corrected chi connectivity index (χ1v) is 7.79. The topological polar surface area (TPSA) is 35.5 Å². The Hall–Kier alpha value is -0.580. The zero-order chi connectivity index (χ0) is 13.8. The normalized spacial score (nSPS) is 24.3. The third kappa shape index (κ3) is 3.50. The van der Waals surface area contributed by atoms with E-state index in [1.54, 1.807) is 0 Å². The Kier molecular flexibility index (Phi) is 5.25. The summed E-state index contributed by atoms with van der Waals surface area (Å²) in [6.45, 7) is 6.63. The Morgan fingerprint density at radius 2 is 2.26 bits per heavy atom. The van der Waals surface area contributed by atoms with Crippen LogP contribution in [0.25, 0.3) is 0 Å². The zero-order valence-electron chi connectivity index (χ0n) is 11.7. The molecule has 0 amide bonds. The Labute approximate surface area is 124 Å². The van der Waals surface area contributed by atoms with E-state index < -0.39 is 0 Å². The molecular formula is C15H23BrN2O. The van der Waals surface area contributed by atoms with Crippen LogP contribution in [0.5, 0.6) is 0 Å². The molecule has 0 radical (unpaired) electrons. The number of halogens is 1. The van der Waals surface area contributed by atoms with Gasteiger partial charge >= 0.3 is 0 Å². The summed E-state index contributed by atoms with van der Waals surface area (Å²) in [5, 5.41) is 12.8. The van der Waals surface area contributed by atoms with E-state index in [0.717, 1.165) is 30.4 Å². The van der Waals surface area contributed by atoms with Gasteiger partial charge in [0.25, 0.3) is 0 Å². The number of aliphatic hydroxyl groups is 1. The fraction of sp³-hybridized carbons (Fsp3) is 0.600. The number of nitrogens with zero attached hydrogens (tertiary/aromatic N) is 1. The maximum atomic E-state index is 9.30. The van der Waals surface area contributed by atoms with E-state index in [-0.39, 0.29) is 6.61 Å². The SMILES string of the molecule is Cc1cc(N2C(C)CCNCC2CCO)ccc1Br. The Morgan fingerprint density at radius 1 is 1.47 bits per heavy atom. The number of nitrogens with one attached hydrogen (secondary N) is 1.